The molecule has 0 aromatic carbocycles. The van der Waals surface area contributed by atoms with Crippen LogP contribution < -0.4 is 0 Å². The average molecular weight is 198 g/mol. The second kappa shape index (κ2) is 3.14. The highest BCUT2D eigenvalue weighted by molar-refractivity contribution is 7.10. The van der Waals surface area contributed by atoms with Crippen LogP contribution in [-0.4, -0.2) is 17.6 Å². The number of nitrogens with zero attached hydrogens (tertiary/aromatic N) is 2. The molecule has 13 heavy (non-hydrogen) atoms. The summed E-state index contributed by atoms with van der Waals surface area (Å²) in [6.45, 7) is 0.211. The number of thiophene rings is 1. The normalized spacial score (nSPS) is 21.7. The van der Waals surface area contributed by atoms with Crippen molar-refractivity contribution < 1.29 is 9.53 Å². The van der Waals surface area contributed by atoms with Gasteiger partial charge in [0.2, 0.25) is 0 Å². The maximum absolute atomic E-state index is 10.9. The number of rotatable bonds is 2. The van der Waals surface area contributed by atoms with Gasteiger partial charge in [-0.25, -0.2) is 4.79 Å². The highest BCUT2D eigenvalue weighted by Crippen LogP contribution is 2.28. The number of hydrogen-bond acceptors (Lipinski definition) is 5. The van der Waals surface area contributed by atoms with Gasteiger partial charge in [-0.05, 0) is 11.4 Å². The van der Waals surface area contributed by atoms with E-state index in [-0.39, 0.29) is 12.6 Å². The van der Waals surface area contributed by atoms with Gasteiger partial charge in [0.05, 0.1) is 11.8 Å². The van der Waals surface area contributed by atoms with Gasteiger partial charge in [-0.1, -0.05) is 6.07 Å². The summed E-state index contributed by atoms with van der Waals surface area (Å²) >= 11 is 1.49. The van der Waals surface area contributed by atoms with E-state index in [1.54, 1.807) is 0 Å². The molecule has 1 atom stereocenters. The van der Waals surface area contributed by atoms with Crippen LogP contribution in [0.15, 0.2) is 22.8 Å². The van der Waals surface area contributed by atoms with E-state index in [2.05, 4.69) is 5.29 Å². The highest BCUT2D eigenvalue weighted by atomic mass is 32.1. The molecule has 0 N–H and O–H groups in total. The number of nitroso groups, excluding NO2 is 1. The molecule has 6 heteroatoms. The molecule has 0 aliphatic carbocycles. The summed E-state index contributed by atoms with van der Waals surface area (Å²) in [7, 11) is 0. The maximum Gasteiger partial charge on any atom is 0.433 e. The van der Waals surface area contributed by atoms with Crippen LogP contribution in [0.4, 0.5) is 4.79 Å². The molecule has 1 saturated heterocycles. The predicted molar refractivity (Wildman–Crippen MR) is 46.0 cm³/mol. The first kappa shape index (κ1) is 8.18. The molecule has 0 spiro atoms. The summed E-state index contributed by atoms with van der Waals surface area (Å²) in [5.41, 5.74) is 0. The molecular weight excluding hydrogens is 192 g/mol. The van der Waals surface area contributed by atoms with Gasteiger partial charge < -0.3 is 4.74 Å². The number of carbonyl (C=O) groups is 1. The van der Waals surface area contributed by atoms with Crippen molar-refractivity contribution in [3.05, 3.63) is 27.3 Å². The summed E-state index contributed by atoms with van der Waals surface area (Å²) < 4.78 is 4.91. The molecule has 5 nitrogen and oxygen atoms in total. The molecular formula is C7H6N2O3S. The molecule has 1 amide bonds. The Morgan fingerprint density at radius 3 is 3.08 bits per heavy atom. The monoisotopic (exact) mass is 198 g/mol. The lowest BCUT2D eigenvalue weighted by molar-refractivity contribution is 0.134. The summed E-state index contributed by atoms with van der Waals surface area (Å²) in [5, 5.41) is 5.21. The molecule has 1 aromatic rings. The first-order valence-electron chi connectivity index (χ1n) is 3.66. The maximum atomic E-state index is 10.9. The molecule has 2 heterocycles. The van der Waals surface area contributed by atoms with Crippen molar-refractivity contribution in [2.45, 2.75) is 6.10 Å². The van der Waals surface area contributed by atoms with Crippen LogP contribution in [0.2, 0.25) is 0 Å². The Hall–Kier alpha value is -1.43. The molecule has 1 unspecified atom stereocenters. The Kier molecular flexibility index (Phi) is 1.97. The molecule has 0 saturated carbocycles. The van der Waals surface area contributed by atoms with Gasteiger partial charge in [-0.15, -0.1) is 16.2 Å². The van der Waals surface area contributed by atoms with E-state index < -0.39 is 6.09 Å². The number of hydrogen-bond donors (Lipinski definition) is 0. The SMILES string of the molecule is O=NN1CC(c2cccs2)OC1=O. The average Bonchev–Trinajstić information content (AvgIpc) is 2.71. The van der Waals surface area contributed by atoms with Crippen LogP contribution in [0.25, 0.3) is 0 Å². The van der Waals surface area contributed by atoms with Crippen molar-refractivity contribution in [1.29, 1.82) is 0 Å². The zero-order valence-electron chi connectivity index (χ0n) is 6.54. The smallest absolute Gasteiger partial charge is 0.433 e. The fourth-order valence-corrected chi connectivity index (χ4v) is 1.89. The van der Waals surface area contributed by atoms with E-state index in [0.29, 0.717) is 0 Å². The lowest BCUT2D eigenvalue weighted by Gasteiger charge is -2.02. The van der Waals surface area contributed by atoms with Crippen molar-refractivity contribution in [3.63, 3.8) is 0 Å². The Labute approximate surface area is 77.9 Å². The zero-order chi connectivity index (χ0) is 9.26. The van der Waals surface area contributed by atoms with Gasteiger partial charge in [-0.3, -0.25) is 0 Å². The van der Waals surface area contributed by atoms with Crippen molar-refractivity contribution >= 4 is 17.4 Å². The minimum atomic E-state index is -0.673. The van der Waals surface area contributed by atoms with E-state index in [9.17, 15) is 9.70 Å². The topological polar surface area (TPSA) is 59.0 Å². The van der Waals surface area contributed by atoms with E-state index >= 15 is 0 Å². The molecule has 1 aromatic heterocycles. The third-order valence-electron chi connectivity index (χ3n) is 1.75. The van der Waals surface area contributed by atoms with Crippen LogP contribution in [0.5, 0.6) is 0 Å². The molecule has 0 bridgehead atoms. The van der Waals surface area contributed by atoms with Gasteiger partial charge in [0.25, 0.3) is 0 Å². The van der Waals surface area contributed by atoms with E-state index in [1.165, 1.54) is 11.3 Å². The standard InChI is InChI=1S/C7H6N2O3S/c10-7-9(8-11)4-5(12-7)6-2-1-3-13-6/h1-3,5H,4H2. The second-order valence-electron chi connectivity index (χ2n) is 2.55. The van der Waals surface area contributed by atoms with Crippen LogP contribution in [0.1, 0.15) is 11.0 Å². The summed E-state index contributed by atoms with van der Waals surface area (Å²) in [6.07, 6.45) is -1.02. The quantitative estimate of drug-likeness (QED) is 0.682. The van der Waals surface area contributed by atoms with Crippen LogP contribution in [0.3, 0.4) is 0 Å². The zero-order valence-corrected chi connectivity index (χ0v) is 7.36. The Morgan fingerprint density at radius 2 is 2.54 bits per heavy atom. The highest BCUT2D eigenvalue weighted by Gasteiger charge is 2.33. The van der Waals surface area contributed by atoms with Gasteiger partial charge in [0, 0.05) is 4.88 Å². The van der Waals surface area contributed by atoms with Crippen LogP contribution >= 0.6 is 11.3 Å². The Morgan fingerprint density at radius 1 is 1.69 bits per heavy atom. The van der Waals surface area contributed by atoms with Crippen molar-refractivity contribution in [2.75, 3.05) is 6.54 Å². The number of cyclic esters (lactones) is 1. The van der Waals surface area contributed by atoms with Crippen molar-refractivity contribution in [3.8, 4) is 0 Å². The lowest BCUT2D eigenvalue weighted by atomic mass is 10.3. The van der Waals surface area contributed by atoms with E-state index in [1.807, 2.05) is 17.5 Å². The first-order chi connectivity index (χ1) is 6.31. The van der Waals surface area contributed by atoms with Crippen LogP contribution in [0, 0.1) is 4.91 Å². The number of amides is 1. The predicted octanol–water partition coefficient (Wildman–Crippen LogP) is 1.92. The number of ether oxygens (including phenoxy) is 1. The lowest BCUT2D eigenvalue weighted by Crippen LogP contribution is -2.16. The molecule has 1 aliphatic rings. The fourth-order valence-electron chi connectivity index (χ4n) is 1.14. The van der Waals surface area contributed by atoms with E-state index in [4.69, 9.17) is 4.74 Å². The summed E-state index contributed by atoms with van der Waals surface area (Å²) in [5.74, 6) is 0. The minimum Gasteiger partial charge on any atom is -0.437 e. The minimum absolute atomic E-state index is 0.211. The Balaban J connectivity index is 2.14. The fraction of sp³-hybridized carbons (Fsp3) is 0.286. The van der Waals surface area contributed by atoms with Gasteiger partial charge in [0.15, 0.2) is 6.10 Å². The summed E-state index contributed by atoms with van der Waals surface area (Å²) in [6, 6.07) is 3.72. The van der Waals surface area contributed by atoms with Crippen LogP contribution in [-0.2, 0) is 4.74 Å². The largest absolute Gasteiger partial charge is 0.437 e. The summed E-state index contributed by atoms with van der Waals surface area (Å²) in [4.78, 5) is 22.0. The van der Waals surface area contributed by atoms with Gasteiger partial charge in [0.1, 0.15) is 0 Å². The van der Waals surface area contributed by atoms with Gasteiger partial charge >= 0.3 is 6.09 Å². The molecule has 68 valence electrons. The second-order valence-corrected chi connectivity index (χ2v) is 3.53. The number of carbonyl (C=O) groups excluding carboxylic acids is 1. The third-order valence-corrected chi connectivity index (χ3v) is 2.72. The molecule has 0 radical (unpaired) electrons. The van der Waals surface area contributed by atoms with E-state index in [0.717, 1.165) is 9.89 Å². The molecule has 2 rings (SSSR count). The third kappa shape index (κ3) is 1.40. The van der Waals surface area contributed by atoms with Crippen molar-refractivity contribution in [2.24, 2.45) is 5.29 Å². The van der Waals surface area contributed by atoms with Gasteiger partial charge in [-0.2, -0.15) is 5.01 Å². The van der Waals surface area contributed by atoms with Crippen molar-refractivity contribution in [1.82, 2.24) is 5.01 Å². The first-order valence-corrected chi connectivity index (χ1v) is 4.54. The molecule has 1 aliphatic heterocycles. The Bertz CT molecular complexity index is 324. The molecule has 1 fully saturated rings.